The average Bonchev–Trinajstić information content (AvgIpc) is 3.35. The second kappa shape index (κ2) is 6.79. The molecule has 0 aliphatic carbocycles. The highest BCUT2D eigenvalue weighted by molar-refractivity contribution is 7.19. The SMILES string of the molecule is COC(=O)c1cc(Cn2cnc3scc(-c4ccc(C)s4)c3c2=O)oc1C. The van der Waals surface area contributed by atoms with Gasteiger partial charge in [0.25, 0.3) is 5.56 Å². The molecule has 4 aromatic rings. The number of fused-ring (bicyclic) bond motifs is 1. The Morgan fingerprint density at radius 3 is 2.85 bits per heavy atom. The van der Waals surface area contributed by atoms with Gasteiger partial charge in [0.15, 0.2) is 0 Å². The number of methoxy groups -OCH3 is 1. The summed E-state index contributed by atoms with van der Waals surface area (Å²) in [6, 6.07) is 5.67. The second-order valence-corrected chi connectivity index (χ2v) is 8.24. The van der Waals surface area contributed by atoms with Crippen LogP contribution in [0.2, 0.25) is 0 Å². The minimum atomic E-state index is -0.461. The molecular formula is C19H16N2O4S2. The van der Waals surface area contributed by atoms with Crippen LogP contribution in [-0.4, -0.2) is 22.6 Å². The molecule has 0 radical (unpaired) electrons. The summed E-state index contributed by atoms with van der Waals surface area (Å²) in [7, 11) is 1.32. The van der Waals surface area contributed by atoms with E-state index in [1.807, 2.05) is 24.4 Å². The summed E-state index contributed by atoms with van der Waals surface area (Å²) < 4.78 is 11.9. The maximum atomic E-state index is 13.1. The van der Waals surface area contributed by atoms with E-state index in [9.17, 15) is 9.59 Å². The second-order valence-electron chi connectivity index (χ2n) is 6.09. The van der Waals surface area contributed by atoms with Gasteiger partial charge in [0, 0.05) is 20.7 Å². The van der Waals surface area contributed by atoms with Gasteiger partial charge >= 0.3 is 5.97 Å². The summed E-state index contributed by atoms with van der Waals surface area (Å²) in [5.74, 6) is 0.501. The largest absolute Gasteiger partial charge is 0.465 e. The van der Waals surface area contributed by atoms with Crippen molar-refractivity contribution < 1.29 is 13.9 Å². The summed E-state index contributed by atoms with van der Waals surface area (Å²) >= 11 is 3.11. The molecular weight excluding hydrogens is 384 g/mol. The molecule has 0 N–H and O–H groups in total. The van der Waals surface area contributed by atoms with Crippen molar-refractivity contribution in [3.05, 3.63) is 62.2 Å². The zero-order valence-corrected chi connectivity index (χ0v) is 16.6. The summed E-state index contributed by atoms with van der Waals surface area (Å²) in [6.45, 7) is 3.92. The lowest BCUT2D eigenvalue weighted by Crippen LogP contribution is -2.20. The molecule has 0 spiro atoms. The van der Waals surface area contributed by atoms with Crippen LogP contribution < -0.4 is 5.56 Å². The molecule has 4 aromatic heterocycles. The minimum absolute atomic E-state index is 0.129. The molecule has 0 aromatic carbocycles. The predicted molar refractivity (Wildman–Crippen MR) is 106 cm³/mol. The van der Waals surface area contributed by atoms with Crippen LogP contribution >= 0.6 is 22.7 Å². The van der Waals surface area contributed by atoms with Gasteiger partial charge in [0.05, 0.1) is 25.4 Å². The normalized spacial score (nSPS) is 11.2. The molecule has 0 amide bonds. The monoisotopic (exact) mass is 400 g/mol. The Hall–Kier alpha value is -2.71. The Kier molecular flexibility index (Phi) is 4.45. The van der Waals surface area contributed by atoms with Gasteiger partial charge in [-0.15, -0.1) is 22.7 Å². The molecule has 4 heterocycles. The molecule has 27 heavy (non-hydrogen) atoms. The molecule has 0 saturated carbocycles. The maximum Gasteiger partial charge on any atom is 0.341 e. The molecule has 4 rings (SSSR count). The lowest BCUT2D eigenvalue weighted by molar-refractivity contribution is 0.0599. The van der Waals surface area contributed by atoms with Crippen LogP contribution in [0.4, 0.5) is 0 Å². The Morgan fingerprint density at radius 2 is 2.15 bits per heavy atom. The van der Waals surface area contributed by atoms with Crippen molar-refractivity contribution in [3.8, 4) is 10.4 Å². The molecule has 6 nitrogen and oxygen atoms in total. The first-order chi connectivity index (χ1) is 13.0. The topological polar surface area (TPSA) is 74.3 Å². The van der Waals surface area contributed by atoms with Crippen LogP contribution in [0.1, 0.15) is 26.8 Å². The Bertz CT molecular complexity index is 1210. The third kappa shape index (κ3) is 3.11. The van der Waals surface area contributed by atoms with Crippen molar-refractivity contribution >= 4 is 38.9 Å². The van der Waals surface area contributed by atoms with Crippen LogP contribution in [0.25, 0.3) is 20.7 Å². The Labute approximate surface area is 162 Å². The third-order valence-corrected chi connectivity index (χ3v) is 6.19. The maximum absolute atomic E-state index is 13.1. The highest BCUT2D eigenvalue weighted by Crippen LogP contribution is 2.34. The van der Waals surface area contributed by atoms with Crippen LogP contribution in [-0.2, 0) is 11.3 Å². The number of esters is 1. The van der Waals surface area contributed by atoms with E-state index in [1.165, 1.54) is 34.2 Å². The number of aryl methyl sites for hydroxylation is 2. The minimum Gasteiger partial charge on any atom is -0.465 e. The van der Waals surface area contributed by atoms with E-state index < -0.39 is 5.97 Å². The molecule has 0 bridgehead atoms. The number of carbonyl (C=O) groups is 1. The van der Waals surface area contributed by atoms with Gasteiger partial charge in [-0.05, 0) is 32.0 Å². The van der Waals surface area contributed by atoms with E-state index in [0.29, 0.717) is 27.3 Å². The fraction of sp³-hybridized carbons (Fsp3) is 0.211. The number of thiophene rings is 2. The Morgan fingerprint density at radius 1 is 1.33 bits per heavy atom. The van der Waals surface area contributed by atoms with Gasteiger partial charge < -0.3 is 9.15 Å². The van der Waals surface area contributed by atoms with Gasteiger partial charge in [-0.1, -0.05) is 0 Å². The zero-order chi connectivity index (χ0) is 19.1. The number of aromatic nitrogens is 2. The number of hydrogen-bond donors (Lipinski definition) is 0. The summed E-state index contributed by atoms with van der Waals surface area (Å²) in [4.78, 5) is 32.2. The van der Waals surface area contributed by atoms with E-state index in [2.05, 4.69) is 4.98 Å². The smallest absolute Gasteiger partial charge is 0.341 e. The number of nitrogens with zero attached hydrogens (tertiary/aromatic N) is 2. The van der Waals surface area contributed by atoms with Crippen LogP contribution in [0, 0.1) is 13.8 Å². The number of hydrogen-bond acceptors (Lipinski definition) is 7. The first kappa shape index (κ1) is 17.7. The van der Waals surface area contributed by atoms with Gasteiger partial charge in [0.1, 0.15) is 21.9 Å². The van der Waals surface area contributed by atoms with E-state index >= 15 is 0 Å². The Balaban J connectivity index is 1.76. The molecule has 138 valence electrons. The van der Waals surface area contributed by atoms with E-state index in [-0.39, 0.29) is 12.1 Å². The standard InChI is InChI=1S/C19H16N2O4S2/c1-10-4-5-15(27-10)14-8-26-17-16(14)18(22)21(9-20-17)7-12-6-13(11(2)25-12)19(23)24-3/h4-6,8-9H,7H2,1-3H3. The molecule has 0 atom stereocenters. The molecule has 0 fully saturated rings. The summed E-state index contributed by atoms with van der Waals surface area (Å²) in [5.41, 5.74) is 1.14. The highest BCUT2D eigenvalue weighted by atomic mass is 32.1. The van der Waals surface area contributed by atoms with Gasteiger partial charge in [-0.25, -0.2) is 9.78 Å². The fourth-order valence-corrected chi connectivity index (χ4v) is 4.80. The number of ether oxygens (including phenoxy) is 1. The molecule has 0 aliphatic heterocycles. The lowest BCUT2D eigenvalue weighted by Gasteiger charge is -2.03. The van der Waals surface area contributed by atoms with Crippen molar-refractivity contribution in [2.75, 3.05) is 7.11 Å². The van der Waals surface area contributed by atoms with Crippen molar-refractivity contribution in [1.82, 2.24) is 9.55 Å². The van der Waals surface area contributed by atoms with Crippen molar-refractivity contribution in [3.63, 3.8) is 0 Å². The summed E-state index contributed by atoms with van der Waals surface area (Å²) in [6.07, 6.45) is 1.51. The molecule has 0 unspecified atom stereocenters. The predicted octanol–water partition coefficient (Wildman–Crippen LogP) is 4.23. The highest BCUT2D eigenvalue weighted by Gasteiger charge is 2.18. The quantitative estimate of drug-likeness (QED) is 0.479. The van der Waals surface area contributed by atoms with Crippen LogP contribution in [0.3, 0.4) is 0 Å². The van der Waals surface area contributed by atoms with E-state index in [0.717, 1.165) is 10.4 Å². The van der Waals surface area contributed by atoms with Gasteiger partial charge in [0.2, 0.25) is 0 Å². The number of carbonyl (C=O) groups excluding carboxylic acids is 1. The summed E-state index contributed by atoms with van der Waals surface area (Å²) in [5, 5.41) is 2.59. The van der Waals surface area contributed by atoms with Crippen LogP contribution in [0.5, 0.6) is 0 Å². The lowest BCUT2D eigenvalue weighted by atomic mass is 10.2. The molecule has 0 aliphatic rings. The van der Waals surface area contributed by atoms with Crippen molar-refractivity contribution in [2.45, 2.75) is 20.4 Å². The molecule has 0 saturated heterocycles. The van der Waals surface area contributed by atoms with Crippen molar-refractivity contribution in [2.24, 2.45) is 0 Å². The molecule has 8 heteroatoms. The first-order valence-corrected chi connectivity index (χ1v) is 9.88. The third-order valence-electron chi connectivity index (χ3n) is 4.27. The van der Waals surface area contributed by atoms with Gasteiger partial charge in [-0.3, -0.25) is 9.36 Å². The van der Waals surface area contributed by atoms with Gasteiger partial charge in [-0.2, -0.15) is 0 Å². The number of rotatable bonds is 4. The average molecular weight is 400 g/mol. The van der Waals surface area contributed by atoms with E-state index in [1.54, 1.807) is 24.3 Å². The van der Waals surface area contributed by atoms with Crippen LogP contribution in [0.15, 0.2) is 39.1 Å². The first-order valence-electron chi connectivity index (χ1n) is 8.19. The van der Waals surface area contributed by atoms with Crippen molar-refractivity contribution in [1.29, 1.82) is 0 Å². The van der Waals surface area contributed by atoms with E-state index in [4.69, 9.17) is 9.15 Å². The number of furan rings is 1. The zero-order valence-electron chi connectivity index (χ0n) is 14.9. The fourth-order valence-electron chi connectivity index (χ4n) is 2.94.